The topological polar surface area (TPSA) is 197 Å². The second-order valence-electron chi connectivity index (χ2n) is 8.11. The van der Waals surface area contributed by atoms with Gasteiger partial charge in [0.25, 0.3) is 0 Å². The second-order valence-corrected chi connectivity index (χ2v) is 8.11. The number of carboxylic acid groups (broad SMARTS) is 1. The molecular weight excluding hydrogens is 420 g/mol. The molecule has 0 aromatic rings. The molecule has 180 valence electrons. The molecule has 32 heavy (non-hydrogen) atoms. The smallest absolute Gasteiger partial charge is 0.305 e. The Kier molecular flexibility index (Phi) is 10.6. The van der Waals surface area contributed by atoms with E-state index in [1.54, 1.807) is 13.8 Å². The van der Waals surface area contributed by atoms with E-state index in [4.69, 9.17) is 16.6 Å². The summed E-state index contributed by atoms with van der Waals surface area (Å²) in [7, 11) is 0. The third-order valence-electron chi connectivity index (χ3n) is 5.07. The van der Waals surface area contributed by atoms with Crippen LogP contribution < -0.4 is 22.1 Å². The summed E-state index contributed by atoms with van der Waals surface area (Å²) >= 11 is 0. The number of carbonyl (C=O) groups is 5. The fourth-order valence-corrected chi connectivity index (χ4v) is 3.58. The van der Waals surface area contributed by atoms with Crippen LogP contribution in [0.1, 0.15) is 52.9 Å². The molecule has 7 N–H and O–H groups in total. The number of ketones is 1. The molecule has 0 unspecified atom stereocenters. The summed E-state index contributed by atoms with van der Waals surface area (Å²) in [5.74, 6) is -3.55. The van der Waals surface area contributed by atoms with Gasteiger partial charge >= 0.3 is 5.97 Å². The molecule has 1 rings (SSSR count). The average Bonchev–Trinajstić information content (AvgIpc) is 3.17. The highest BCUT2D eigenvalue weighted by atomic mass is 16.4. The lowest BCUT2D eigenvalue weighted by Gasteiger charge is -2.29. The summed E-state index contributed by atoms with van der Waals surface area (Å²) < 4.78 is 0. The summed E-state index contributed by atoms with van der Waals surface area (Å²) in [5.41, 5.74) is 10.6. The van der Waals surface area contributed by atoms with Gasteiger partial charge in [0.05, 0.1) is 12.5 Å². The van der Waals surface area contributed by atoms with Gasteiger partial charge in [0, 0.05) is 25.9 Å². The Morgan fingerprint density at radius 1 is 1.12 bits per heavy atom. The predicted molar refractivity (Wildman–Crippen MR) is 116 cm³/mol. The molecule has 0 spiro atoms. The molecule has 12 heteroatoms. The minimum atomic E-state index is -1.21. The van der Waals surface area contributed by atoms with Crippen LogP contribution in [0.5, 0.6) is 0 Å². The molecule has 1 aliphatic rings. The summed E-state index contributed by atoms with van der Waals surface area (Å²) in [6, 6.07) is -2.89. The first-order valence-corrected chi connectivity index (χ1v) is 10.6. The second kappa shape index (κ2) is 12.6. The number of aliphatic imine (C=N–C) groups is 1. The van der Waals surface area contributed by atoms with E-state index in [1.165, 1.54) is 11.8 Å². The number of nitrogens with two attached hydrogens (primary N) is 2. The number of nitrogens with one attached hydrogen (secondary N) is 2. The van der Waals surface area contributed by atoms with Gasteiger partial charge in [-0.2, -0.15) is 0 Å². The van der Waals surface area contributed by atoms with Gasteiger partial charge in [-0.3, -0.25) is 29.0 Å². The van der Waals surface area contributed by atoms with E-state index in [9.17, 15) is 24.0 Å². The number of Topliss-reactive ketones (excluding diaryl/α,β-unsaturated/α-hetero) is 1. The van der Waals surface area contributed by atoms with Crippen LogP contribution in [0.2, 0.25) is 0 Å². The van der Waals surface area contributed by atoms with Crippen molar-refractivity contribution in [2.75, 3.05) is 13.1 Å². The normalized spacial score (nSPS) is 17.4. The van der Waals surface area contributed by atoms with Crippen LogP contribution in [-0.4, -0.2) is 76.7 Å². The first-order chi connectivity index (χ1) is 14.9. The third-order valence-corrected chi connectivity index (χ3v) is 5.07. The van der Waals surface area contributed by atoms with Gasteiger partial charge < -0.3 is 32.1 Å². The van der Waals surface area contributed by atoms with Crippen molar-refractivity contribution in [3.63, 3.8) is 0 Å². The number of rotatable bonds is 12. The molecule has 0 aromatic carbocycles. The lowest BCUT2D eigenvalue weighted by atomic mass is 9.98. The lowest BCUT2D eigenvalue weighted by Crippen LogP contribution is -2.55. The van der Waals surface area contributed by atoms with E-state index in [0.717, 1.165) is 0 Å². The van der Waals surface area contributed by atoms with Crippen molar-refractivity contribution in [2.45, 2.75) is 71.0 Å². The van der Waals surface area contributed by atoms with Crippen LogP contribution >= 0.6 is 0 Å². The third kappa shape index (κ3) is 8.52. The Labute approximate surface area is 187 Å². The van der Waals surface area contributed by atoms with Crippen LogP contribution in [0.15, 0.2) is 4.99 Å². The zero-order valence-corrected chi connectivity index (χ0v) is 18.8. The summed E-state index contributed by atoms with van der Waals surface area (Å²) in [6.07, 6.45) is 1.10. The van der Waals surface area contributed by atoms with Crippen LogP contribution in [0, 0.1) is 5.92 Å². The molecule has 0 aromatic heterocycles. The van der Waals surface area contributed by atoms with Gasteiger partial charge in [0.2, 0.25) is 17.7 Å². The minimum Gasteiger partial charge on any atom is -0.481 e. The number of carbonyl (C=O) groups excluding carboxylic acids is 4. The van der Waals surface area contributed by atoms with Crippen LogP contribution in [0.4, 0.5) is 0 Å². The fourth-order valence-electron chi connectivity index (χ4n) is 3.58. The maximum absolute atomic E-state index is 13.1. The molecule has 1 saturated heterocycles. The van der Waals surface area contributed by atoms with Gasteiger partial charge in [-0.15, -0.1) is 0 Å². The van der Waals surface area contributed by atoms with E-state index in [0.29, 0.717) is 25.8 Å². The molecular formula is C20H34N6O6. The van der Waals surface area contributed by atoms with Crippen molar-refractivity contribution in [2.24, 2.45) is 22.4 Å². The number of hydrogen-bond acceptors (Lipinski definition) is 6. The highest BCUT2D eigenvalue weighted by Crippen LogP contribution is 2.20. The molecule has 1 fully saturated rings. The summed E-state index contributed by atoms with van der Waals surface area (Å²) in [5, 5.41) is 14.2. The molecule has 1 heterocycles. The van der Waals surface area contributed by atoms with Crippen molar-refractivity contribution < 1.29 is 29.1 Å². The number of likely N-dealkylation sites (tertiary alicyclic amines) is 1. The SMILES string of the molecule is CC(=O)N[C@@H](CCCN=C(N)N)C(=O)N1CCC[C@H]1C(=O)N[C@@H](CC(=O)O)C(=O)C(C)C. The number of hydrogen-bond donors (Lipinski definition) is 5. The number of nitrogens with zero attached hydrogens (tertiary/aromatic N) is 2. The summed E-state index contributed by atoms with van der Waals surface area (Å²) in [4.78, 5) is 66.3. The summed E-state index contributed by atoms with van der Waals surface area (Å²) in [6.45, 7) is 5.12. The van der Waals surface area contributed by atoms with Gasteiger partial charge in [0.15, 0.2) is 11.7 Å². The maximum atomic E-state index is 13.1. The van der Waals surface area contributed by atoms with Crippen molar-refractivity contribution in [1.29, 1.82) is 0 Å². The van der Waals surface area contributed by atoms with Crippen molar-refractivity contribution >= 4 is 35.4 Å². The molecule has 0 bridgehead atoms. The fraction of sp³-hybridized carbons (Fsp3) is 0.700. The van der Waals surface area contributed by atoms with Crippen LogP contribution in [0.25, 0.3) is 0 Å². The Balaban J connectivity index is 2.92. The zero-order valence-electron chi connectivity index (χ0n) is 18.8. The molecule has 3 amide bonds. The Morgan fingerprint density at radius 3 is 2.31 bits per heavy atom. The van der Waals surface area contributed by atoms with Crippen molar-refractivity contribution in [3.05, 3.63) is 0 Å². The van der Waals surface area contributed by atoms with Crippen molar-refractivity contribution in [1.82, 2.24) is 15.5 Å². The van der Waals surface area contributed by atoms with Crippen LogP contribution in [0.3, 0.4) is 0 Å². The zero-order chi connectivity index (χ0) is 24.4. The number of aliphatic carboxylic acids is 1. The quantitative estimate of drug-likeness (QED) is 0.136. The van der Waals surface area contributed by atoms with Gasteiger partial charge in [-0.25, -0.2) is 0 Å². The lowest BCUT2D eigenvalue weighted by molar-refractivity contribution is -0.143. The van der Waals surface area contributed by atoms with E-state index in [2.05, 4.69) is 15.6 Å². The molecule has 0 saturated carbocycles. The standard InChI is InChI=1S/C20H34N6O6/c1-11(2)17(30)14(10-16(28)29)25-18(31)15-7-5-9-26(15)19(32)13(24-12(3)27)6-4-8-23-20(21)22/h11,13-15H,4-10H2,1-3H3,(H,24,27)(H,25,31)(H,28,29)(H4,21,22,23)/t13-,14-,15-/m0/s1. The number of carboxylic acids is 1. The molecule has 0 aliphatic carbocycles. The first kappa shape index (κ1) is 26.9. The monoisotopic (exact) mass is 454 g/mol. The largest absolute Gasteiger partial charge is 0.481 e. The highest BCUT2D eigenvalue weighted by Gasteiger charge is 2.39. The average molecular weight is 455 g/mol. The maximum Gasteiger partial charge on any atom is 0.305 e. The minimum absolute atomic E-state index is 0.0736. The van der Waals surface area contributed by atoms with E-state index < -0.39 is 59.9 Å². The molecule has 0 radical (unpaired) electrons. The molecule has 3 atom stereocenters. The van der Waals surface area contributed by atoms with Gasteiger partial charge in [-0.05, 0) is 25.7 Å². The number of guanidine groups is 1. The van der Waals surface area contributed by atoms with Gasteiger partial charge in [-0.1, -0.05) is 13.8 Å². The highest BCUT2D eigenvalue weighted by molar-refractivity contribution is 5.96. The van der Waals surface area contributed by atoms with E-state index >= 15 is 0 Å². The van der Waals surface area contributed by atoms with E-state index in [-0.39, 0.29) is 18.9 Å². The van der Waals surface area contributed by atoms with Crippen LogP contribution in [-0.2, 0) is 24.0 Å². The molecule has 12 nitrogen and oxygen atoms in total. The van der Waals surface area contributed by atoms with Crippen molar-refractivity contribution in [3.8, 4) is 0 Å². The molecule has 1 aliphatic heterocycles. The Morgan fingerprint density at radius 2 is 1.78 bits per heavy atom. The number of amides is 3. The first-order valence-electron chi connectivity index (χ1n) is 10.6. The Hall–Kier alpha value is -3.18. The Bertz CT molecular complexity index is 749. The van der Waals surface area contributed by atoms with Gasteiger partial charge in [0.1, 0.15) is 12.1 Å². The van der Waals surface area contributed by atoms with E-state index in [1.807, 2.05) is 0 Å². The predicted octanol–water partition coefficient (Wildman–Crippen LogP) is -1.28.